The first-order valence-corrected chi connectivity index (χ1v) is 7.10. The monoisotopic (exact) mass is 276 g/mol. The summed E-state index contributed by atoms with van der Waals surface area (Å²) in [5.41, 5.74) is 2.29. The fraction of sp³-hybridized carbons (Fsp3) is 0.471. The van der Waals surface area contributed by atoms with Crippen LogP contribution >= 0.6 is 0 Å². The Labute approximate surface area is 121 Å². The van der Waals surface area contributed by atoms with Crippen LogP contribution in [0.5, 0.6) is 5.75 Å². The quantitative estimate of drug-likeness (QED) is 0.439. The number of esters is 1. The van der Waals surface area contributed by atoms with E-state index in [0.717, 1.165) is 16.9 Å². The van der Waals surface area contributed by atoms with E-state index in [0.29, 0.717) is 18.4 Å². The summed E-state index contributed by atoms with van der Waals surface area (Å²) in [7, 11) is 0. The fourth-order valence-electron chi connectivity index (χ4n) is 1.97. The average Bonchev–Trinajstić information content (AvgIpc) is 2.38. The Bertz CT molecular complexity index is 447. The summed E-state index contributed by atoms with van der Waals surface area (Å²) in [6, 6.07) is 6.17. The molecule has 0 amide bonds. The van der Waals surface area contributed by atoms with Crippen molar-refractivity contribution < 1.29 is 14.3 Å². The van der Waals surface area contributed by atoms with Crippen molar-refractivity contribution >= 4 is 5.97 Å². The highest BCUT2D eigenvalue weighted by atomic mass is 16.5. The first-order chi connectivity index (χ1) is 9.47. The average molecular weight is 276 g/mol. The third-order valence-electron chi connectivity index (χ3n) is 3.00. The van der Waals surface area contributed by atoms with Gasteiger partial charge in [-0.1, -0.05) is 45.9 Å². The Morgan fingerprint density at radius 3 is 2.15 bits per heavy atom. The number of rotatable bonds is 6. The van der Waals surface area contributed by atoms with E-state index in [-0.39, 0.29) is 5.97 Å². The molecule has 0 aliphatic carbocycles. The zero-order chi connectivity index (χ0) is 15.1. The summed E-state index contributed by atoms with van der Waals surface area (Å²) in [6.07, 6.45) is 2.72. The van der Waals surface area contributed by atoms with Crippen LogP contribution in [0.4, 0.5) is 0 Å². The first-order valence-electron chi connectivity index (χ1n) is 7.10. The first kappa shape index (κ1) is 16.3. The maximum atomic E-state index is 11.3. The summed E-state index contributed by atoms with van der Waals surface area (Å²) in [5, 5.41) is 0. The van der Waals surface area contributed by atoms with Crippen molar-refractivity contribution in [2.24, 2.45) is 0 Å². The Balaban J connectivity index is 2.99. The largest absolute Gasteiger partial charge is 0.464 e. The minimum atomic E-state index is -0.388. The summed E-state index contributed by atoms with van der Waals surface area (Å²) in [6.45, 7) is 10.6. The Kier molecular flexibility index (Phi) is 6.29. The molecule has 3 heteroatoms. The third-order valence-corrected chi connectivity index (χ3v) is 3.00. The highest BCUT2D eigenvalue weighted by molar-refractivity contribution is 5.81. The van der Waals surface area contributed by atoms with Gasteiger partial charge in [-0.25, -0.2) is 4.79 Å². The molecule has 0 aromatic heterocycles. The molecular formula is C17H24O3. The zero-order valence-electron chi connectivity index (χ0n) is 13.0. The molecule has 0 fully saturated rings. The SMILES string of the molecule is CCOC(=O)C=COc1c(C(C)C)cccc1C(C)C. The lowest BCUT2D eigenvalue weighted by molar-refractivity contribution is -0.137. The van der Waals surface area contributed by atoms with Crippen molar-refractivity contribution in [2.75, 3.05) is 6.61 Å². The Morgan fingerprint density at radius 1 is 1.15 bits per heavy atom. The van der Waals surface area contributed by atoms with Gasteiger partial charge in [-0.15, -0.1) is 0 Å². The van der Waals surface area contributed by atoms with E-state index in [2.05, 4.69) is 39.8 Å². The van der Waals surface area contributed by atoms with Crippen molar-refractivity contribution in [3.8, 4) is 5.75 Å². The van der Waals surface area contributed by atoms with Gasteiger partial charge in [0.2, 0.25) is 0 Å². The van der Waals surface area contributed by atoms with Crippen LogP contribution in [0.3, 0.4) is 0 Å². The topological polar surface area (TPSA) is 35.5 Å². The van der Waals surface area contributed by atoms with Gasteiger partial charge in [0.15, 0.2) is 0 Å². The van der Waals surface area contributed by atoms with Crippen LogP contribution in [0.25, 0.3) is 0 Å². The van der Waals surface area contributed by atoms with Crippen LogP contribution in [0, 0.1) is 0 Å². The van der Waals surface area contributed by atoms with E-state index in [1.165, 1.54) is 12.3 Å². The highest BCUT2D eigenvalue weighted by Gasteiger charge is 2.14. The van der Waals surface area contributed by atoms with Gasteiger partial charge in [-0.05, 0) is 29.9 Å². The fourth-order valence-corrected chi connectivity index (χ4v) is 1.97. The predicted molar refractivity (Wildman–Crippen MR) is 81.0 cm³/mol. The second kappa shape index (κ2) is 7.73. The van der Waals surface area contributed by atoms with Crippen LogP contribution in [-0.2, 0) is 9.53 Å². The molecule has 0 aliphatic heterocycles. The van der Waals surface area contributed by atoms with Crippen molar-refractivity contribution in [3.05, 3.63) is 41.7 Å². The molecule has 0 saturated heterocycles. The molecular weight excluding hydrogens is 252 g/mol. The number of ether oxygens (including phenoxy) is 2. The normalized spacial score (nSPS) is 11.3. The van der Waals surface area contributed by atoms with E-state index >= 15 is 0 Å². The molecule has 0 saturated carbocycles. The van der Waals surface area contributed by atoms with Crippen LogP contribution in [0.1, 0.15) is 57.6 Å². The van der Waals surface area contributed by atoms with Crippen LogP contribution in [0.15, 0.2) is 30.5 Å². The summed E-state index contributed by atoms with van der Waals surface area (Å²) < 4.78 is 10.6. The molecule has 0 heterocycles. The number of benzene rings is 1. The van der Waals surface area contributed by atoms with Crippen LogP contribution < -0.4 is 4.74 Å². The molecule has 0 aliphatic rings. The van der Waals surface area contributed by atoms with Gasteiger partial charge in [0.05, 0.1) is 18.9 Å². The molecule has 1 aromatic carbocycles. The van der Waals surface area contributed by atoms with E-state index in [4.69, 9.17) is 9.47 Å². The van der Waals surface area contributed by atoms with E-state index in [1.54, 1.807) is 6.92 Å². The number of carbonyl (C=O) groups excluding carboxylic acids is 1. The molecule has 20 heavy (non-hydrogen) atoms. The number of hydrogen-bond donors (Lipinski definition) is 0. The third kappa shape index (κ3) is 4.41. The maximum absolute atomic E-state index is 11.3. The number of carbonyl (C=O) groups is 1. The van der Waals surface area contributed by atoms with Crippen molar-refractivity contribution in [3.63, 3.8) is 0 Å². The van der Waals surface area contributed by atoms with E-state index < -0.39 is 0 Å². The van der Waals surface area contributed by atoms with Gasteiger partial charge >= 0.3 is 5.97 Å². The molecule has 1 aromatic rings. The molecule has 0 bridgehead atoms. The van der Waals surface area contributed by atoms with E-state index in [1.807, 2.05) is 6.07 Å². The Morgan fingerprint density at radius 2 is 1.70 bits per heavy atom. The summed E-state index contributed by atoms with van der Waals surface area (Å²) in [5.74, 6) is 1.18. The molecule has 110 valence electrons. The molecule has 3 nitrogen and oxygen atoms in total. The second-order valence-electron chi connectivity index (χ2n) is 5.25. The smallest absolute Gasteiger partial charge is 0.333 e. The van der Waals surface area contributed by atoms with Gasteiger partial charge in [-0.3, -0.25) is 0 Å². The number of para-hydroxylation sites is 1. The van der Waals surface area contributed by atoms with Crippen molar-refractivity contribution in [1.82, 2.24) is 0 Å². The summed E-state index contributed by atoms with van der Waals surface area (Å²) >= 11 is 0. The highest BCUT2D eigenvalue weighted by Crippen LogP contribution is 2.34. The van der Waals surface area contributed by atoms with Crippen LogP contribution in [0.2, 0.25) is 0 Å². The molecule has 0 unspecified atom stereocenters. The van der Waals surface area contributed by atoms with Gasteiger partial charge in [0, 0.05) is 0 Å². The van der Waals surface area contributed by atoms with Gasteiger partial charge < -0.3 is 9.47 Å². The minimum absolute atomic E-state index is 0.361. The number of hydrogen-bond acceptors (Lipinski definition) is 3. The van der Waals surface area contributed by atoms with Crippen molar-refractivity contribution in [1.29, 1.82) is 0 Å². The molecule has 0 radical (unpaired) electrons. The van der Waals surface area contributed by atoms with E-state index in [9.17, 15) is 4.79 Å². The lowest BCUT2D eigenvalue weighted by atomic mass is 9.94. The standard InChI is InChI=1S/C17H24O3/c1-6-19-16(18)10-11-20-17-14(12(2)3)8-7-9-15(17)13(4)5/h7-13H,6H2,1-5H3. The van der Waals surface area contributed by atoms with Gasteiger partial charge in [0.1, 0.15) is 5.75 Å². The Hall–Kier alpha value is -1.77. The minimum Gasteiger partial charge on any atom is -0.464 e. The molecule has 0 N–H and O–H groups in total. The second-order valence-corrected chi connectivity index (χ2v) is 5.25. The maximum Gasteiger partial charge on any atom is 0.333 e. The van der Waals surface area contributed by atoms with Gasteiger partial charge in [-0.2, -0.15) is 0 Å². The predicted octanol–water partition coefficient (Wildman–Crippen LogP) is 4.39. The molecule has 0 spiro atoms. The van der Waals surface area contributed by atoms with Crippen LogP contribution in [-0.4, -0.2) is 12.6 Å². The summed E-state index contributed by atoms with van der Waals surface area (Å²) in [4.78, 5) is 11.3. The zero-order valence-corrected chi connectivity index (χ0v) is 13.0. The molecule has 1 rings (SSSR count). The van der Waals surface area contributed by atoms with Crippen molar-refractivity contribution in [2.45, 2.75) is 46.5 Å². The van der Waals surface area contributed by atoms with Gasteiger partial charge in [0.25, 0.3) is 0 Å². The lowest BCUT2D eigenvalue weighted by Crippen LogP contribution is -2.02. The molecule has 0 atom stereocenters. The lowest BCUT2D eigenvalue weighted by Gasteiger charge is -2.18.